The molecule has 0 aromatic rings. The van der Waals surface area contributed by atoms with Crippen molar-refractivity contribution in [1.29, 1.82) is 0 Å². The van der Waals surface area contributed by atoms with Crippen LogP contribution < -0.4 is 5.73 Å². The quantitative estimate of drug-likeness (QED) is 0.789. The number of carboxylic acids is 1. The maximum atomic E-state index is 12.3. The molecule has 2 aliphatic rings. The molecular weight excluding hydrogens is 270 g/mol. The molecule has 0 spiro atoms. The SMILES string of the molecule is CCC1(C(=O)O)CCN(C(=O)CN2CCC(N)CC2)CC1. The monoisotopic (exact) mass is 297 g/mol. The normalized spacial score (nSPS) is 24.0. The summed E-state index contributed by atoms with van der Waals surface area (Å²) >= 11 is 0. The molecule has 2 saturated heterocycles. The largest absolute Gasteiger partial charge is 0.481 e. The van der Waals surface area contributed by atoms with Crippen molar-refractivity contribution in [2.75, 3.05) is 32.7 Å². The molecule has 3 N–H and O–H groups in total. The molecular formula is C15H27N3O3. The van der Waals surface area contributed by atoms with E-state index in [-0.39, 0.29) is 11.9 Å². The van der Waals surface area contributed by atoms with E-state index in [1.807, 2.05) is 11.8 Å². The van der Waals surface area contributed by atoms with Gasteiger partial charge in [-0.1, -0.05) is 6.92 Å². The Balaban J connectivity index is 1.82. The standard InChI is InChI=1S/C15H27N3O3/c1-2-15(14(20)21)5-9-18(10-6-15)13(19)11-17-7-3-12(16)4-8-17/h12H,2-11,16H2,1H3,(H,20,21). The number of nitrogens with two attached hydrogens (primary N) is 1. The second-order valence-corrected chi connectivity index (χ2v) is 6.43. The molecule has 2 fully saturated rings. The summed E-state index contributed by atoms with van der Waals surface area (Å²) in [5.74, 6) is -0.595. The highest BCUT2D eigenvalue weighted by atomic mass is 16.4. The topological polar surface area (TPSA) is 86.9 Å². The molecule has 0 saturated carbocycles. The van der Waals surface area contributed by atoms with Crippen molar-refractivity contribution in [3.8, 4) is 0 Å². The molecule has 2 aliphatic heterocycles. The van der Waals surface area contributed by atoms with Crippen LogP contribution >= 0.6 is 0 Å². The Morgan fingerprint density at radius 1 is 1.19 bits per heavy atom. The first-order chi connectivity index (χ1) is 9.97. The summed E-state index contributed by atoms with van der Waals surface area (Å²) in [4.78, 5) is 27.7. The van der Waals surface area contributed by atoms with Crippen LogP contribution in [0.2, 0.25) is 0 Å². The van der Waals surface area contributed by atoms with Gasteiger partial charge in [0, 0.05) is 32.2 Å². The lowest BCUT2D eigenvalue weighted by Crippen LogP contribution is -2.50. The number of carboxylic acid groups (broad SMARTS) is 1. The lowest BCUT2D eigenvalue weighted by atomic mass is 9.76. The molecule has 0 aromatic heterocycles. The fourth-order valence-corrected chi connectivity index (χ4v) is 3.31. The van der Waals surface area contributed by atoms with Gasteiger partial charge < -0.3 is 15.7 Å². The van der Waals surface area contributed by atoms with Gasteiger partial charge in [-0.3, -0.25) is 14.5 Å². The van der Waals surface area contributed by atoms with E-state index in [0.29, 0.717) is 38.9 Å². The Labute approximate surface area is 126 Å². The van der Waals surface area contributed by atoms with Crippen molar-refractivity contribution in [1.82, 2.24) is 9.80 Å². The molecule has 2 heterocycles. The average molecular weight is 297 g/mol. The summed E-state index contributed by atoms with van der Waals surface area (Å²) < 4.78 is 0. The molecule has 21 heavy (non-hydrogen) atoms. The van der Waals surface area contributed by atoms with Crippen LogP contribution in [0.1, 0.15) is 39.0 Å². The van der Waals surface area contributed by atoms with Crippen molar-refractivity contribution in [2.45, 2.75) is 45.1 Å². The molecule has 1 amide bonds. The van der Waals surface area contributed by atoms with E-state index < -0.39 is 11.4 Å². The second-order valence-electron chi connectivity index (χ2n) is 6.43. The Hall–Kier alpha value is -1.14. The van der Waals surface area contributed by atoms with E-state index in [9.17, 15) is 14.7 Å². The van der Waals surface area contributed by atoms with Crippen LogP contribution in [0.5, 0.6) is 0 Å². The third kappa shape index (κ3) is 3.74. The smallest absolute Gasteiger partial charge is 0.309 e. The summed E-state index contributed by atoms with van der Waals surface area (Å²) in [6, 6.07) is 0.270. The van der Waals surface area contributed by atoms with Crippen molar-refractivity contribution >= 4 is 11.9 Å². The van der Waals surface area contributed by atoms with Gasteiger partial charge in [0.2, 0.25) is 5.91 Å². The third-order valence-corrected chi connectivity index (χ3v) is 5.19. The van der Waals surface area contributed by atoms with E-state index in [1.165, 1.54) is 0 Å². The lowest BCUT2D eigenvalue weighted by molar-refractivity contribution is -0.154. The highest BCUT2D eigenvalue weighted by molar-refractivity contribution is 5.79. The molecule has 0 radical (unpaired) electrons. The molecule has 120 valence electrons. The predicted molar refractivity (Wildman–Crippen MR) is 79.8 cm³/mol. The van der Waals surface area contributed by atoms with Crippen LogP contribution in [0.25, 0.3) is 0 Å². The van der Waals surface area contributed by atoms with Crippen LogP contribution in [0, 0.1) is 5.41 Å². The number of rotatable bonds is 4. The number of carbonyl (C=O) groups is 2. The van der Waals surface area contributed by atoms with E-state index in [1.54, 1.807) is 0 Å². The first-order valence-corrected chi connectivity index (χ1v) is 7.96. The number of nitrogens with zero attached hydrogens (tertiary/aromatic N) is 2. The van der Waals surface area contributed by atoms with Gasteiger partial charge in [0.25, 0.3) is 0 Å². The van der Waals surface area contributed by atoms with Gasteiger partial charge in [0.05, 0.1) is 12.0 Å². The number of amides is 1. The van der Waals surface area contributed by atoms with Crippen molar-refractivity contribution in [3.05, 3.63) is 0 Å². The van der Waals surface area contributed by atoms with Gasteiger partial charge in [-0.15, -0.1) is 0 Å². The van der Waals surface area contributed by atoms with E-state index >= 15 is 0 Å². The molecule has 0 bridgehead atoms. The number of hydrogen-bond donors (Lipinski definition) is 2. The van der Waals surface area contributed by atoms with E-state index in [0.717, 1.165) is 25.9 Å². The Morgan fingerprint density at radius 2 is 1.76 bits per heavy atom. The van der Waals surface area contributed by atoms with Gasteiger partial charge in [-0.2, -0.15) is 0 Å². The van der Waals surface area contributed by atoms with Gasteiger partial charge in [-0.05, 0) is 32.1 Å². The molecule has 0 aromatic carbocycles. The maximum absolute atomic E-state index is 12.3. The summed E-state index contributed by atoms with van der Waals surface area (Å²) in [7, 11) is 0. The number of piperidine rings is 2. The minimum absolute atomic E-state index is 0.126. The van der Waals surface area contributed by atoms with Crippen molar-refractivity contribution < 1.29 is 14.7 Å². The number of carbonyl (C=O) groups excluding carboxylic acids is 1. The summed E-state index contributed by atoms with van der Waals surface area (Å²) in [5, 5.41) is 9.38. The minimum Gasteiger partial charge on any atom is -0.481 e. The molecule has 6 heteroatoms. The highest BCUT2D eigenvalue weighted by Crippen LogP contribution is 2.35. The summed E-state index contributed by atoms with van der Waals surface area (Å²) in [5.41, 5.74) is 5.24. The number of likely N-dealkylation sites (tertiary alicyclic amines) is 2. The molecule has 2 rings (SSSR count). The van der Waals surface area contributed by atoms with Crippen LogP contribution in [0.15, 0.2) is 0 Å². The van der Waals surface area contributed by atoms with Gasteiger partial charge in [-0.25, -0.2) is 0 Å². The summed E-state index contributed by atoms with van der Waals surface area (Å²) in [6.07, 6.45) is 3.66. The predicted octanol–water partition coefficient (Wildman–Crippen LogP) is 0.513. The maximum Gasteiger partial charge on any atom is 0.309 e. The Morgan fingerprint density at radius 3 is 2.24 bits per heavy atom. The van der Waals surface area contributed by atoms with Crippen LogP contribution in [0.3, 0.4) is 0 Å². The van der Waals surface area contributed by atoms with Gasteiger partial charge in [0.15, 0.2) is 0 Å². The zero-order valence-corrected chi connectivity index (χ0v) is 12.9. The fourth-order valence-electron chi connectivity index (χ4n) is 3.31. The van der Waals surface area contributed by atoms with Crippen molar-refractivity contribution in [3.63, 3.8) is 0 Å². The highest BCUT2D eigenvalue weighted by Gasteiger charge is 2.40. The Bertz CT molecular complexity index is 384. The Kier molecular flexibility index (Phi) is 5.22. The zero-order valence-electron chi connectivity index (χ0n) is 12.9. The first-order valence-electron chi connectivity index (χ1n) is 7.96. The van der Waals surface area contributed by atoms with Crippen LogP contribution in [-0.2, 0) is 9.59 Å². The second kappa shape index (κ2) is 6.75. The molecule has 0 aliphatic carbocycles. The molecule has 0 unspecified atom stereocenters. The fraction of sp³-hybridized carbons (Fsp3) is 0.867. The van der Waals surface area contributed by atoms with Crippen LogP contribution in [0.4, 0.5) is 0 Å². The van der Waals surface area contributed by atoms with Crippen LogP contribution in [-0.4, -0.2) is 65.5 Å². The first kappa shape index (κ1) is 16.2. The van der Waals surface area contributed by atoms with Gasteiger partial charge in [0.1, 0.15) is 0 Å². The van der Waals surface area contributed by atoms with E-state index in [4.69, 9.17) is 5.73 Å². The number of aliphatic carboxylic acids is 1. The van der Waals surface area contributed by atoms with Gasteiger partial charge >= 0.3 is 5.97 Å². The molecule has 6 nitrogen and oxygen atoms in total. The molecule has 0 atom stereocenters. The zero-order chi connectivity index (χ0) is 15.5. The third-order valence-electron chi connectivity index (χ3n) is 5.19. The van der Waals surface area contributed by atoms with E-state index in [2.05, 4.69) is 4.90 Å². The van der Waals surface area contributed by atoms with Crippen molar-refractivity contribution in [2.24, 2.45) is 11.1 Å². The average Bonchev–Trinajstić information content (AvgIpc) is 2.49. The minimum atomic E-state index is -0.720. The lowest BCUT2D eigenvalue weighted by Gasteiger charge is -2.39. The summed E-state index contributed by atoms with van der Waals surface area (Å²) in [6.45, 7) is 5.25. The number of hydrogen-bond acceptors (Lipinski definition) is 4.